The number of phenolic OH excluding ortho intramolecular Hbond substituents is 1. The Hall–Kier alpha value is -2.39. The Morgan fingerprint density at radius 1 is 1.06 bits per heavy atom. The molecular formula is C31H44NO3P. The van der Waals surface area contributed by atoms with Gasteiger partial charge in [0.15, 0.2) is 0 Å². The standard InChI is InChI=1S/C31H44NO3P/c1-10-12-26(11-2)19-35-36(32-25(9)21(3)4)20-34-28-15-23(7)30(24(8)16-28)18-27-13-14-31(33)29(17-27)22(5)6/h10-17,21-22,25,32-33H,1-2,18-20H2,3-9H3/b26-12+. The molecule has 0 aliphatic heterocycles. The molecule has 5 heteroatoms. The minimum Gasteiger partial charge on any atom is -0.508 e. The second-order valence-electron chi connectivity index (χ2n) is 10.0. The van der Waals surface area contributed by atoms with Crippen LogP contribution in [0.4, 0.5) is 0 Å². The summed E-state index contributed by atoms with van der Waals surface area (Å²) >= 11 is 0. The highest BCUT2D eigenvalue weighted by molar-refractivity contribution is 7.50. The number of benzene rings is 2. The molecule has 2 aromatic carbocycles. The van der Waals surface area contributed by atoms with Crippen LogP contribution < -0.4 is 9.82 Å². The van der Waals surface area contributed by atoms with Crippen LogP contribution in [0.1, 0.15) is 68.4 Å². The van der Waals surface area contributed by atoms with Crippen molar-refractivity contribution in [1.82, 2.24) is 5.09 Å². The zero-order valence-electron chi connectivity index (χ0n) is 23.1. The molecular weight excluding hydrogens is 465 g/mol. The molecule has 0 saturated heterocycles. The Bertz CT molecular complexity index is 1030. The predicted octanol–water partition coefficient (Wildman–Crippen LogP) is 8.32. The van der Waals surface area contributed by atoms with E-state index in [4.69, 9.17) is 9.26 Å². The van der Waals surface area contributed by atoms with Crippen molar-refractivity contribution in [3.63, 3.8) is 0 Å². The first-order chi connectivity index (χ1) is 17.0. The first-order valence-corrected chi connectivity index (χ1v) is 14.2. The monoisotopic (exact) mass is 509 g/mol. The molecule has 36 heavy (non-hydrogen) atoms. The molecule has 4 nitrogen and oxygen atoms in total. The molecule has 0 bridgehead atoms. The van der Waals surface area contributed by atoms with E-state index < -0.39 is 8.30 Å². The molecule has 2 atom stereocenters. The number of aromatic hydroxyl groups is 1. The Morgan fingerprint density at radius 2 is 1.72 bits per heavy atom. The van der Waals surface area contributed by atoms with Crippen LogP contribution in [0.25, 0.3) is 0 Å². The van der Waals surface area contributed by atoms with Crippen molar-refractivity contribution >= 4 is 8.30 Å². The van der Waals surface area contributed by atoms with Crippen molar-refractivity contribution in [2.45, 2.75) is 66.8 Å². The molecule has 196 valence electrons. The molecule has 2 rings (SSSR count). The number of hydrogen-bond acceptors (Lipinski definition) is 4. The van der Waals surface area contributed by atoms with E-state index in [1.807, 2.05) is 18.2 Å². The minimum atomic E-state index is -1.00. The molecule has 0 radical (unpaired) electrons. The number of allylic oxidation sites excluding steroid dienone is 2. The predicted molar refractivity (Wildman–Crippen MR) is 155 cm³/mol. The summed E-state index contributed by atoms with van der Waals surface area (Å²) in [5.41, 5.74) is 6.86. The van der Waals surface area contributed by atoms with E-state index in [0.29, 0.717) is 30.7 Å². The largest absolute Gasteiger partial charge is 0.508 e. The lowest BCUT2D eigenvalue weighted by atomic mass is 9.93. The van der Waals surface area contributed by atoms with Crippen LogP contribution in [-0.2, 0) is 10.9 Å². The van der Waals surface area contributed by atoms with Crippen molar-refractivity contribution in [3.8, 4) is 11.5 Å². The first-order valence-electron chi connectivity index (χ1n) is 12.7. The van der Waals surface area contributed by atoms with Crippen molar-refractivity contribution in [1.29, 1.82) is 0 Å². The number of nitrogens with one attached hydrogen (secondary N) is 1. The summed E-state index contributed by atoms with van der Waals surface area (Å²) in [5.74, 6) is 1.98. The van der Waals surface area contributed by atoms with Gasteiger partial charge in [-0.05, 0) is 90.6 Å². The van der Waals surface area contributed by atoms with Crippen molar-refractivity contribution in [2.75, 3.05) is 13.0 Å². The molecule has 2 N–H and O–H groups in total. The van der Waals surface area contributed by atoms with Gasteiger partial charge in [0.2, 0.25) is 0 Å². The number of ether oxygens (including phenoxy) is 1. The second kappa shape index (κ2) is 14.4. The summed E-state index contributed by atoms with van der Waals surface area (Å²) < 4.78 is 12.5. The molecule has 0 aromatic heterocycles. The Balaban J connectivity index is 2.15. The van der Waals surface area contributed by atoms with E-state index in [1.54, 1.807) is 12.2 Å². The SMILES string of the molecule is C=C/C=C(\C=C)COP(COc1cc(C)c(Cc2ccc(O)c(C(C)C)c2)c(C)c1)NC(C)C(C)C. The van der Waals surface area contributed by atoms with Gasteiger partial charge >= 0.3 is 0 Å². The van der Waals surface area contributed by atoms with E-state index in [1.165, 1.54) is 22.3 Å². The van der Waals surface area contributed by atoms with E-state index in [-0.39, 0.29) is 5.92 Å². The van der Waals surface area contributed by atoms with Crippen molar-refractivity contribution < 1.29 is 14.4 Å². The zero-order valence-corrected chi connectivity index (χ0v) is 24.0. The van der Waals surface area contributed by atoms with Crippen LogP contribution in [0.15, 0.2) is 67.3 Å². The van der Waals surface area contributed by atoms with E-state index in [9.17, 15) is 5.11 Å². The summed E-state index contributed by atoms with van der Waals surface area (Å²) in [6.45, 7) is 23.1. The molecule has 0 amide bonds. The van der Waals surface area contributed by atoms with E-state index in [2.05, 4.69) is 84.9 Å². The molecule has 0 saturated carbocycles. The lowest BCUT2D eigenvalue weighted by Gasteiger charge is -2.25. The topological polar surface area (TPSA) is 50.7 Å². The Morgan fingerprint density at radius 3 is 2.28 bits per heavy atom. The highest BCUT2D eigenvalue weighted by Crippen LogP contribution is 2.36. The summed E-state index contributed by atoms with van der Waals surface area (Å²) in [6, 6.07) is 10.5. The first kappa shape index (κ1) is 29.8. The van der Waals surface area contributed by atoms with Gasteiger partial charge in [-0.2, -0.15) is 0 Å². The van der Waals surface area contributed by atoms with Crippen molar-refractivity contribution in [2.24, 2.45) is 5.92 Å². The van der Waals surface area contributed by atoms with Gasteiger partial charge in [0, 0.05) is 6.04 Å². The minimum absolute atomic E-state index is 0.280. The average molecular weight is 510 g/mol. The van der Waals surface area contributed by atoms with E-state index in [0.717, 1.165) is 23.3 Å². The summed E-state index contributed by atoms with van der Waals surface area (Å²) in [4.78, 5) is 0. The molecule has 2 aromatic rings. The number of phenols is 1. The fourth-order valence-electron chi connectivity index (χ4n) is 3.80. The number of aryl methyl sites for hydroxylation is 2. The zero-order chi connectivity index (χ0) is 26.8. The van der Waals surface area contributed by atoms with Crippen LogP contribution in [0.2, 0.25) is 0 Å². The van der Waals surface area contributed by atoms with Gasteiger partial charge in [-0.15, -0.1) is 0 Å². The number of hydrogen-bond donors (Lipinski definition) is 2. The fraction of sp³-hybridized carbons (Fsp3) is 0.419. The fourth-order valence-corrected chi connectivity index (χ4v) is 5.34. The molecule has 0 spiro atoms. The maximum Gasteiger partial charge on any atom is 0.146 e. The summed E-state index contributed by atoms with van der Waals surface area (Å²) in [7, 11) is -1.00. The van der Waals surface area contributed by atoms with Gasteiger partial charge in [0.05, 0.1) is 6.61 Å². The third-order valence-electron chi connectivity index (χ3n) is 6.44. The third kappa shape index (κ3) is 8.92. The summed E-state index contributed by atoms with van der Waals surface area (Å²) in [6.07, 6.45) is 6.74. The van der Waals surface area contributed by atoms with Gasteiger partial charge in [-0.3, -0.25) is 5.09 Å². The lowest BCUT2D eigenvalue weighted by molar-refractivity contribution is 0.326. The van der Waals surface area contributed by atoms with Crippen LogP contribution in [0.5, 0.6) is 11.5 Å². The second-order valence-corrected chi connectivity index (χ2v) is 11.6. The summed E-state index contributed by atoms with van der Waals surface area (Å²) in [5, 5.41) is 13.8. The van der Waals surface area contributed by atoms with Crippen molar-refractivity contribution in [3.05, 3.63) is 95.1 Å². The molecule has 0 fully saturated rings. The quantitative estimate of drug-likeness (QED) is 0.199. The average Bonchev–Trinajstić information content (AvgIpc) is 2.82. The number of rotatable bonds is 14. The highest BCUT2D eigenvalue weighted by Gasteiger charge is 2.18. The van der Waals surface area contributed by atoms with Gasteiger partial charge in [-0.25, -0.2) is 0 Å². The molecule has 0 aliphatic rings. The molecule has 0 aliphatic carbocycles. The van der Waals surface area contributed by atoms with Gasteiger partial charge in [0.1, 0.15) is 26.1 Å². The lowest BCUT2D eigenvalue weighted by Crippen LogP contribution is -2.29. The van der Waals surface area contributed by atoms with Crippen LogP contribution in [0.3, 0.4) is 0 Å². The highest BCUT2D eigenvalue weighted by atomic mass is 31.2. The maximum absolute atomic E-state index is 10.2. The molecule has 2 unspecified atom stereocenters. The normalized spacial score (nSPS) is 13.6. The smallest absolute Gasteiger partial charge is 0.146 e. The Labute approximate surface area is 220 Å². The van der Waals surface area contributed by atoms with Gasteiger partial charge in [-0.1, -0.05) is 71.2 Å². The Kier molecular flexibility index (Phi) is 11.9. The third-order valence-corrected chi connectivity index (χ3v) is 7.94. The van der Waals surface area contributed by atoms with Crippen LogP contribution in [-0.4, -0.2) is 24.1 Å². The maximum atomic E-state index is 10.2. The van der Waals surface area contributed by atoms with Crippen LogP contribution >= 0.6 is 8.30 Å². The van der Waals surface area contributed by atoms with Gasteiger partial charge < -0.3 is 14.4 Å². The van der Waals surface area contributed by atoms with Crippen LogP contribution in [0, 0.1) is 19.8 Å². The van der Waals surface area contributed by atoms with Gasteiger partial charge in [0.25, 0.3) is 0 Å². The van der Waals surface area contributed by atoms with E-state index >= 15 is 0 Å². The molecule has 0 heterocycles.